The van der Waals surface area contributed by atoms with Crippen LogP contribution in [0, 0.1) is 6.92 Å². The van der Waals surface area contributed by atoms with Crippen molar-refractivity contribution >= 4 is 28.4 Å². The molecular weight excluding hydrogens is 456 g/mol. The molecule has 0 radical (unpaired) electrons. The van der Waals surface area contributed by atoms with Gasteiger partial charge in [0.15, 0.2) is 0 Å². The van der Waals surface area contributed by atoms with E-state index >= 15 is 0 Å². The Bertz CT molecular complexity index is 1270. The van der Waals surface area contributed by atoms with Crippen LogP contribution in [-0.2, 0) is 6.18 Å². The van der Waals surface area contributed by atoms with E-state index in [1.54, 1.807) is 24.4 Å². The summed E-state index contributed by atoms with van der Waals surface area (Å²) in [4.78, 5) is 4.46. The minimum atomic E-state index is -4.41. The van der Waals surface area contributed by atoms with E-state index in [1.807, 2.05) is 43.3 Å². The van der Waals surface area contributed by atoms with Gasteiger partial charge in [-0.05, 0) is 0 Å². The molecule has 3 aromatic carbocycles. The zero-order chi connectivity index (χ0) is 22.4. The Kier molecular flexibility index (Phi) is 5.46. The summed E-state index contributed by atoms with van der Waals surface area (Å²) in [6.07, 6.45) is -2.83. The van der Waals surface area contributed by atoms with Gasteiger partial charge < -0.3 is 0 Å². The molecule has 0 aliphatic rings. The first kappa shape index (κ1) is 21.6. The Morgan fingerprint density at radius 3 is 2.26 bits per heavy atom. The van der Waals surface area contributed by atoms with Crippen LogP contribution in [0.25, 0.3) is 33.2 Å². The summed E-state index contributed by atoms with van der Waals surface area (Å²) in [5.41, 5.74) is 2.82. The molecule has 0 atom stereocenters. The Labute approximate surface area is 183 Å². The fraction of sp³-hybridized carbons (Fsp3) is 0.192. The number of hydrogen-bond donors (Lipinski definition) is 0. The number of benzene rings is 3. The second-order valence-electron chi connectivity index (χ2n) is 8.95. The third kappa shape index (κ3) is 4.40. The fourth-order valence-electron chi connectivity index (χ4n) is 3.90. The summed E-state index contributed by atoms with van der Waals surface area (Å²) >= 11 is -2.40. The number of aromatic nitrogens is 1. The minimum absolute atomic E-state index is 0.198. The van der Waals surface area contributed by atoms with Crippen molar-refractivity contribution in [2.75, 3.05) is 0 Å². The van der Waals surface area contributed by atoms with Crippen molar-refractivity contribution < 1.29 is 13.2 Å². The van der Waals surface area contributed by atoms with Gasteiger partial charge >= 0.3 is 177 Å². The van der Waals surface area contributed by atoms with Gasteiger partial charge in [0.1, 0.15) is 0 Å². The molecule has 31 heavy (non-hydrogen) atoms. The third-order valence-corrected chi connectivity index (χ3v) is 9.91. The van der Waals surface area contributed by atoms with Crippen LogP contribution < -0.4 is 4.40 Å². The van der Waals surface area contributed by atoms with Crippen LogP contribution >= 0.6 is 0 Å². The molecule has 158 valence electrons. The van der Waals surface area contributed by atoms with Crippen LogP contribution in [-0.4, -0.2) is 18.3 Å². The monoisotopic (exact) mass is 481 g/mol. The van der Waals surface area contributed by atoms with E-state index in [0.717, 1.165) is 26.3 Å². The zero-order valence-corrected chi connectivity index (χ0v) is 20.1. The first-order valence-corrected chi connectivity index (χ1v) is 17.6. The number of fused-ring (bicyclic) bond motifs is 1. The summed E-state index contributed by atoms with van der Waals surface area (Å²) in [5.74, 6) is 6.30. The molecule has 5 heteroatoms. The number of aryl methyl sites for hydroxylation is 1. The van der Waals surface area contributed by atoms with E-state index in [-0.39, 0.29) is 5.56 Å². The molecule has 0 saturated heterocycles. The predicted molar refractivity (Wildman–Crippen MR) is 125 cm³/mol. The normalized spacial score (nSPS) is 12.4. The molecule has 4 rings (SSSR count). The van der Waals surface area contributed by atoms with Crippen molar-refractivity contribution in [2.24, 2.45) is 0 Å². The number of halogens is 3. The van der Waals surface area contributed by atoms with Crippen LogP contribution in [0.15, 0.2) is 72.9 Å². The Hall–Kier alpha value is -2.60. The van der Waals surface area contributed by atoms with Gasteiger partial charge in [-0.25, -0.2) is 0 Å². The molecule has 0 unspecified atom stereocenters. The summed E-state index contributed by atoms with van der Waals surface area (Å²) in [5, 5.41) is 2.24. The number of rotatable bonds is 3. The Morgan fingerprint density at radius 2 is 1.55 bits per heavy atom. The Balaban J connectivity index is 1.86. The van der Waals surface area contributed by atoms with Crippen molar-refractivity contribution in [1.29, 1.82) is 0 Å². The predicted octanol–water partition coefficient (Wildman–Crippen LogP) is 7.44. The van der Waals surface area contributed by atoms with Gasteiger partial charge in [-0.3, -0.25) is 0 Å². The molecule has 0 spiro atoms. The van der Waals surface area contributed by atoms with Gasteiger partial charge in [0.25, 0.3) is 0 Å². The zero-order valence-electron chi connectivity index (χ0n) is 18.0. The molecule has 0 N–H and O–H groups in total. The summed E-state index contributed by atoms with van der Waals surface area (Å²) < 4.78 is 42.7. The van der Waals surface area contributed by atoms with Gasteiger partial charge in [-0.2, -0.15) is 0 Å². The van der Waals surface area contributed by atoms with E-state index in [4.69, 9.17) is 0 Å². The molecule has 0 aliphatic carbocycles. The van der Waals surface area contributed by atoms with Crippen molar-refractivity contribution in [3.63, 3.8) is 0 Å². The van der Waals surface area contributed by atoms with Crippen LogP contribution in [0.5, 0.6) is 0 Å². The summed E-state index contributed by atoms with van der Waals surface area (Å²) in [7, 11) is 0. The number of nitrogens with zero attached hydrogens (tertiary/aromatic N) is 1. The third-order valence-electron chi connectivity index (χ3n) is 5.63. The van der Waals surface area contributed by atoms with E-state index < -0.39 is 25.0 Å². The molecule has 1 heterocycles. The van der Waals surface area contributed by atoms with Gasteiger partial charge in [0.05, 0.1) is 0 Å². The van der Waals surface area contributed by atoms with Crippen LogP contribution in [0.2, 0.25) is 17.3 Å². The average Bonchev–Trinajstić information content (AvgIpc) is 2.72. The van der Waals surface area contributed by atoms with Crippen LogP contribution in [0.4, 0.5) is 13.2 Å². The average molecular weight is 480 g/mol. The van der Waals surface area contributed by atoms with Crippen LogP contribution in [0.1, 0.15) is 11.1 Å². The molecule has 1 nitrogen and oxygen atoms in total. The van der Waals surface area contributed by atoms with E-state index in [1.165, 1.54) is 6.07 Å². The SMILES string of the molecule is Cc1cc(-c2cc(-c3cc[c]([Ge]([CH3])([CH3])[CH3])cc3C(F)(F)F)ccn2)cc2ccccc12. The first-order valence-electron chi connectivity index (χ1n) is 10.2. The Morgan fingerprint density at radius 1 is 0.806 bits per heavy atom. The summed E-state index contributed by atoms with van der Waals surface area (Å²) in [6.45, 7) is 2.04. The number of pyridine rings is 1. The number of alkyl halides is 3. The molecule has 0 aliphatic heterocycles. The maximum absolute atomic E-state index is 14.0. The van der Waals surface area contributed by atoms with Crippen molar-refractivity contribution in [1.82, 2.24) is 4.98 Å². The number of hydrogen-bond acceptors (Lipinski definition) is 1. The van der Waals surface area contributed by atoms with Gasteiger partial charge in [0, 0.05) is 0 Å². The molecule has 0 fully saturated rings. The van der Waals surface area contributed by atoms with E-state index in [0.29, 0.717) is 11.3 Å². The molecule has 4 aromatic rings. The topological polar surface area (TPSA) is 12.9 Å². The van der Waals surface area contributed by atoms with Crippen LogP contribution in [0.3, 0.4) is 0 Å². The van der Waals surface area contributed by atoms with Crippen molar-refractivity contribution in [3.8, 4) is 22.4 Å². The van der Waals surface area contributed by atoms with E-state index in [9.17, 15) is 13.2 Å². The van der Waals surface area contributed by atoms with Crippen molar-refractivity contribution in [2.45, 2.75) is 30.4 Å². The molecule has 1 aromatic heterocycles. The van der Waals surface area contributed by atoms with Crippen molar-refractivity contribution in [3.05, 3.63) is 84.1 Å². The van der Waals surface area contributed by atoms with E-state index in [2.05, 4.69) is 28.3 Å². The molecule has 0 saturated carbocycles. The quantitative estimate of drug-likeness (QED) is 0.278. The maximum atomic E-state index is 14.0. The molecular formula is C26H24F3GeN. The fourth-order valence-corrected chi connectivity index (χ4v) is 6.34. The second kappa shape index (κ2) is 7.83. The molecule has 0 bridgehead atoms. The standard InChI is InChI=1S/C26H24F3GeN/c1-17-13-20(14-18-7-5-6-8-22(17)18)25-15-19(11-12-31-25)23-10-9-21(30(2,3)4)16-24(23)26(27,28)29/h5-16H,1-4H3. The second-order valence-corrected chi connectivity index (χ2v) is 19.6. The first-order chi connectivity index (χ1) is 14.5. The van der Waals surface area contributed by atoms with Gasteiger partial charge in [-0.1, -0.05) is 6.07 Å². The molecule has 0 amide bonds. The summed E-state index contributed by atoms with van der Waals surface area (Å²) in [6, 6.07) is 20.4. The van der Waals surface area contributed by atoms with Gasteiger partial charge in [-0.15, -0.1) is 0 Å². The van der Waals surface area contributed by atoms with Gasteiger partial charge in [0.2, 0.25) is 0 Å².